The van der Waals surface area contributed by atoms with Crippen molar-refractivity contribution < 1.29 is 9.66 Å². The van der Waals surface area contributed by atoms with Crippen molar-refractivity contribution >= 4 is 11.5 Å². The highest BCUT2D eigenvalue weighted by Gasteiger charge is 2.27. The van der Waals surface area contributed by atoms with Gasteiger partial charge in [0.25, 0.3) is 0 Å². The highest BCUT2D eigenvalue weighted by molar-refractivity contribution is 5.59. The Balaban J connectivity index is 2.37. The summed E-state index contributed by atoms with van der Waals surface area (Å²) in [5, 5.41) is 14.5. The third-order valence-corrected chi connectivity index (χ3v) is 3.56. The standard InChI is InChI=1S/C13H20N4O3/c1-3-16(10-5-4-8-14-9-10)13-11(17(18)19)6-7-12(15-13)20-2/h6-7,10,14H,3-5,8-9H2,1-2H3. The molecule has 0 radical (unpaired) electrons. The molecule has 1 fully saturated rings. The highest BCUT2D eigenvalue weighted by Crippen LogP contribution is 2.30. The van der Waals surface area contributed by atoms with Crippen LogP contribution in [0.5, 0.6) is 5.88 Å². The Labute approximate surface area is 118 Å². The van der Waals surface area contributed by atoms with Gasteiger partial charge in [-0.25, -0.2) is 0 Å². The molecule has 110 valence electrons. The van der Waals surface area contributed by atoms with Gasteiger partial charge in [-0.05, 0) is 26.3 Å². The van der Waals surface area contributed by atoms with Crippen LogP contribution in [0, 0.1) is 10.1 Å². The number of rotatable bonds is 5. The number of piperidine rings is 1. The van der Waals surface area contributed by atoms with Crippen LogP contribution in [0.15, 0.2) is 12.1 Å². The number of nitro groups is 1. The number of anilines is 1. The van der Waals surface area contributed by atoms with Crippen LogP contribution >= 0.6 is 0 Å². The van der Waals surface area contributed by atoms with Crippen LogP contribution in [0.1, 0.15) is 19.8 Å². The van der Waals surface area contributed by atoms with Crippen molar-refractivity contribution in [3.63, 3.8) is 0 Å². The molecule has 2 heterocycles. The maximum atomic E-state index is 11.2. The van der Waals surface area contributed by atoms with E-state index >= 15 is 0 Å². The van der Waals surface area contributed by atoms with Crippen molar-refractivity contribution in [2.75, 3.05) is 31.6 Å². The first-order chi connectivity index (χ1) is 9.67. The van der Waals surface area contributed by atoms with Crippen LogP contribution < -0.4 is 15.0 Å². The number of hydrogen-bond donors (Lipinski definition) is 1. The molecule has 0 amide bonds. The maximum absolute atomic E-state index is 11.2. The first kappa shape index (κ1) is 14.5. The van der Waals surface area contributed by atoms with Gasteiger partial charge in [0.05, 0.1) is 12.0 Å². The van der Waals surface area contributed by atoms with Crippen LogP contribution in [-0.2, 0) is 0 Å². The molecular formula is C13H20N4O3. The molecule has 20 heavy (non-hydrogen) atoms. The summed E-state index contributed by atoms with van der Waals surface area (Å²) in [5.41, 5.74) is 0.0261. The van der Waals surface area contributed by atoms with E-state index in [0.717, 1.165) is 25.9 Å². The third kappa shape index (κ3) is 2.98. The summed E-state index contributed by atoms with van der Waals surface area (Å²) in [4.78, 5) is 17.1. The normalized spacial score (nSPS) is 18.6. The van der Waals surface area contributed by atoms with Crippen LogP contribution in [0.2, 0.25) is 0 Å². The summed E-state index contributed by atoms with van der Waals surface area (Å²) in [6.45, 7) is 4.48. The first-order valence-corrected chi connectivity index (χ1v) is 6.84. The van der Waals surface area contributed by atoms with Crippen molar-refractivity contribution in [2.45, 2.75) is 25.8 Å². The molecule has 1 atom stereocenters. The molecule has 7 heteroatoms. The Bertz CT molecular complexity index is 475. The second-order valence-corrected chi connectivity index (χ2v) is 4.74. The molecule has 2 rings (SSSR count). The Morgan fingerprint density at radius 2 is 2.40 bits per heavy atom. The van der Waals surface area contributed by atoms with E-state index in [1.807, 2.05) is 11.8 Å². The van der Waals surface area contributed by atoms with Crippen LogP contribution in [-0.4, -0.2) is 42.7 Å². The van der Waals surface area contributed by atoms with Crippen molar-refractivity contribution in [3.8, 4) is 5.88 Å². The fourth-order valence-electron chi connectivity index (χ4n) is 2.57. The Morgan fingerprint density at radius 3 is 2.95 bits per heavy atom. The zero-order valence-corrected chi connectivity index (χ0v) is 11.8. The molecule has 0 spiro atoms. The minimum absolute atomic E-state index is 0.0261. The largest absolute Gasteiger partial charge is 0.481 e. The lowest BCUT2D eigenvalue weighted by atomic mass is 10.1. The molecule has 1 N–H and O–H groups in total. The minimum atomic E-state index is -0.388. The second-order valence-electron chi connectivity index (χ2n) is 4.74. The van der Waals surface area contributed by atoms with Crippen LogP contribution in [0.4, 0.5) is 11.5 Å². The minimum Gasteiger partial charge on any atom is -0.481 e. The van der Waals surface area contributed by atoms with Gasteiger partial charge in [0, 0.05) is 31.3 Å². The number of methoxy groups -OCH3 is 1. The van der Waals surface area contributed by atoms with E-state index in [1.165, 1.54) is 19.2 Å². The number of nitrogens with zero attached hydrogens (tertiary/aromatic N) is 3. The third-order valence-electron chi connectivity index (χ3n) is 3.56. The predicted octanol–water partition coefficient (Wildman–Crippen LogP) is 1.58. The smallest absolute Gasteiger partial charge is 0.311 e. The monoisotopic (exact) mass is 280 g/mol. The summed E-state index contributed by atoms with van der Waals surface area (Å²) in [5.74, 6) is 0.790. The summed E-state index contributed by atoms with van der Waals surface area (Å²) in [6.07, 6.45) is 2.08. The fraction of sp³-hybridized carbons (Fsp3) is 0.615. The number of nitrogens with one attached hydrogen (secondary N) is 1. The van der Waals surface area contributed by atoms with E-state index in [4.69, 9.17) is 4.74 Å². The van der Waals surface area contributed by atoms with Gasteiger partial charge in [-0.3, -0.25) is 10.1 Å². The maximum Gasteiger partial charge on any atom is 0.311 e. The van der Waals surface area contributed by atoms with Gasteiger partial charge >= 0.3 is 5.69 Å². The molecule has 0 aromatic carbocycles. The van der Waals surface area contributed by atoms with Gasteiger partial charge in [-0.2, -0.15) is 4.98 Å². The number of aromatic nitrogens is 1. The Hall–Kier alpha value is -1.89. The summed E-state index contributed by atoms with van der Waals surface area (Å²) >= 11 is 0. The summed E-state index contributed by atoms with van der Waals surface area (Å²) < 4.78 is 5.10. The van der Waals surface area contributed by atoms with Gasteiger partial charge in [0.1, 0.15) is 0 Å². The topological polar surface area (TPSA) is 80.5 Å². The number of pyridine rings is 1. The molecule has 1 unspecified atom stereocenters. The molecule has 1 aliphatic heterocycles. The fourth-order valence-corrected chi connectivity index (χ4v) is 2.57. The molecule has 0 bridgehead atoms. The second kappa shape index (κ2) is 6.51. The van der Waals surface area contributed by atoms with Crippen molar-refractivity contribution in [3.05, 3.63) is 22.2 Å². The summed E-state index contributed by atoms with van der Waals surface area (Å²) in [6, 6.07) is 3.21. The highest BCUT2D eigenvalue weighted by atomic mass is 16.6. The zero-order chi connectivity index (χ0) is 14.5. The quantitative estimate of drug-likeness (QED) is 0.651. The van der Waals surface area contributed by atoms with Crippen LogP contribution in [0.3, 0.4) is 0 Å². The lowest BCUT2D eigenvalue weighted by Gasteiger charge is -2.34. The van der Waals surface area contributed by atoms with Gasteiger partial charge < -0.3 is 15.0 Å². The molecule has 7 nitrogen and oxygen atoms in total. The SMILES string of the molecule is CCN(c1nc(OC)ccc1[N+](=O)[O-])C1CCCNC1. The molecule has 0 saturated carbocycles. The first-order valence-electron chi connectivity index (χ1n) is 6.84. The molecular weight excluding hydrogens is 260 g/mol. The molecule has 1 aromatic heterocycles. The number of hydrogen-bond acceptors (Lipinski definition) is 6. The Morgan fingerprint density at radius 1 is 1.60 bits per heavy atom. The number of ether oxygens (including phenoxy) is 1. The Kier molecular flexibility index (Phi) is 4.73. The van der Waals surface area contributed by atoms with E-state index in [-0.39, 0.29) is 16.7 Å². The van der Waals surface area contributed by atoms with E-state index in [9.17, 15) is 10.1 Å². The van der Waals surface area contributed by atoms with E-state index < -0.39 is 0 Å². The van der Waals surface area contributed by atoms with E-state index in [0.29, 0.717) is 18.2 Å². The van der Waals surface area contributed by atoms with E-state index in [1.54, 1.807) is 0 Å². The van der Waals surface area contributed by atoms with Gasteiger partial charge in [-0.15, -0.1) is 0 Å². The predicted molar refractivity (Wildman–Crippen MR) is 76.4 cm³/mol. The van der Waals surface area contributed by atoms with Gasteiger partial charge in [0.2, 0.25) is 11.7 Å². The average molecular weight is 280 g/mol. The summed E-state index contributed by atoms with van der Waals surface area (Å²) in [7, 11) is 1.51. The zero-order valence-electron chi connectivity index (χ0n) is 11.8. The lowest BCUT2D eigenvalue weighted by Crippen LogP contribution is -2.46. The van der Waals surface area contributed by atoms with Crippen LogP contribution in [0.25, 0.3) is 0 Å². The lowest BCUT2D eigenvalue weighted by molar-refractivity contribution is -0.384. The molecule has 0 aliphatic carbocycles. The molecule has 1 aliphatic rings. The van der Waals surface area contributed by atoms with Crippen molar-refractivity contribution in [1.29, 1.82) is 0 Å². The average Bonchev–Trinajstić information content (AvgIpc) is 2.48. The van der Waals surface area contributed by atoms with Crippen molar-refractivity contribution in [1.82, 2.24) is 10.3 Å². The molecule has 1 aromatic rings. The van der Waals surface area contributed by atoms with Crippen molar-refractivity contribution in [2.24, 2.45) is 0 Å². The molecule has 1 saturated heterocycles. The van der Waals surface area contributed by atoms with Gasteiger partial charge in [-0.1, -0.05) is 0 Å². The van der Waals surface area contributed by atoms with E-state index in [2.05, 4.69) is 10.3 Å². The van der Waals surface area contributed by atoms with Gasteiger partial charge in [0.15, 0.2) is 0 Å². The number of likely N-dealkylation sites (N-methyl/N-ethyl adjacent to an activating group) is 1.